The molecular formula is C16H12N2O2S. The molecule has 0 bridgehead atoms. The summed E-state index contributed by atoms with van der Waals surface area (Å²) in [6.07, 6.45) is 4.07. The second-order valence-electron chi connectivity index (χ2n) is 4.49. The van der Waals surface area contributed by atoms with Crippen molar-refractivity contribution in [1.29, 1.82) is 0 Å². The first-order valence-corrected chi connectivity index (χ1v) is 7.23. The van der Waals surface area contributed by atoms with Crippen molar-refractivity contribution in [2.24, 2.45) is 0 Å². The fourth-order valence-electron chi connectivity index (χ4n) is 2.05. The molecule has 2 aromatic heterocycles. The van der Waals surface area contributed by atoms with Gasteiger partial charge in [-0.15, -0.1) is 11.3 Å². The van der Waals surface area contributed by atoms with Gasteiger partial charge in [-0.1, -0.05) is 36.4 Å². The molecular weight excluding hydrogens is 284 g/mol. The van der Waals surface area contributed by atoms with Crippen molar-refractivity contribution in [2.45, 2.75) is 6.42 Å². The van der Waals surface area contributed by atoms with Gasteiger partial charge >= 0.3 is 5.97 Å². The third-order valence-electron chi connectivity index (χ3n) is 2.99. The molecule has 0 spiro atoms. The molecule has 0 saturated carbocycles. The lowest BCUT2D eigenvalue weighted by molar-refractivity contribution is 0.0692. The minimum atomic E-state index is -0.998. The predicted octanol–water partition coefficient (Wildman–Crippen LogP) is 3.49. The lowest BCUT2D eigenvalue weighted by Gasteiger charge is -1.97. The Bertz CT molecular complexity index is 754. The first kappa shape index (κ1) is 13.5. The number of hydrogen-bond acceptors (Lipinski definition) is 4. The van der Waals surface area contributed by atoms with E-state index in [0.29, 0.717) is 11.3 Å². The zero-order valence-corrected chi connectivity index (χ0v) is 11.9. The van der Waals surface area contributed by atoms with Crippen LogP contribution in [0.1, 0.15) is 21.1 Å². The highest BCUT2D eigenvalue weighted by Crippen LogP contribution is 2.31. The molecule has 21 heavy (non-hydrogen) atoms. The van der Waals surface area contributed by atoms with E-state index in [2.05, 4.69) is 9.97 Å². The van der Waals surface area contributed by atoms with Gasteiger partial charge < -0.3 is 5.11 Å². The molecule has 1 N–H and O–H groups in total. The first-order valence-electron chi connectivity index (χ1n) is 6.41. The summed E-state index contributed by atoms with van der Waals surface area (Å²) in [6.45, 7) is 0. The number of carboxylic acids is 1. The van der Waals surface area contributed by atoms with E-state index in [9.17, 15) is 9.90 Å². The number of rotatable bonds is 4. The van der Waals surface area contributed by atoms with Crippen LogP contribution in [0.25, 0.3) is 10.4 Å². The monoisotopic (exact) mass is 296 g/mol. The molecule has 2 heterocycles. The summed E-state index contributed by atoms with van der Waals surface area (Å²) in [7, 11) is 0. The smallest absolute Gasteiger partial charge is 0.356 e. The van der Waals surface area contributed by atoms with E-state index >= 15 is 0 Å². The third-order valence-corrected chi connectivity index (χ3v) is 4.09. The summed E-state index contributed by atoms with van der Waals surface area (Å²) in [5, 5.41) is 10.1. The SMILES string of the molecule is O=C(O)c1nc(Cc2cccnc2)sc1-c1ccccc1. The van der Waals surface area contributed by atoms with Crippen molar-refractivity contribution in [1.82, 2.24) is 9.97 Å². The predicted molar refractivity (Wildman–Crippen MR) is 81.6 cm³/mol. The largest absolute Gasteiger partial charge is 0.476 e. The summed E-state index contributed by atoms with van der Waals surface area (Å²) in [4.78, 5) is 20.4. The normalized spacial score (nSPS) is 10.5. The number of hydrogen-bond donors (Lipinski definition) is 1. The van der Waals surface area contributed by atoms with E-state index in [0.717, 1.165) is 16.1 Å². The van der Waals surface area contributed by atoms with Gasteiger partial charge in [-0.05, 0) is 17.2 Å². The van der Waals surface area contributed by atoms with Crippen LogP contribution in [0, 0.1) is 0 Å². The molecule has 0 radical (unpaired) electrons. The van der Waals surface area contributed by atoms with Crippen LogP contribution in [0.3, 0.4) is 0 Å². The molecule has 0 atom stereocenters. The van der Waals surface area contributed by atoms with Gasteiger partial charge in [0.2, 0.25) is 0 Å². The highest BCUT2D eigenvalue weighted by Gasteiger charge is 2.18. The average molecular weight is 296 g/mol. The number of pyridine rings is 1. The maximum Gasteiger partial charge on any atom is 0.356 e. The summed E-state index contributed by atoms with van der Waals surface area (Å²) in [6, 6.07) is 13.3. The molecule has 0 aliphatic rings. The molecule has 0 amide bonds. The summed E-state index contributed by atoms with van der Waals surface area (Å²) < 4.78 is 0. The van der Waals surface area contributed by atoms with Crippen LogP contribution in [0.5, 0.6) is 0 Å². The van der Waals surface area contributed by atoms with Crippen LogP contribution in [0.15, 0.2) is 54.9 Å². The molecule has 0 aliphatic carbocycles. The van der Waals surface area contributed by atoms with E-state index in [1.165, 1.54) is 11.3 Å². The fourth-order valence-corrected chi connectivity index (χ4v) is 3.14. The molecule has 0 fully saturated rings. The Hall–Kier alpha value is -2.53. The Morgan fingerprint density at radius 3 is 2.62 bits per heavy atom. The van der Waals surface area contributed by atoms with Gasteiger partial charge in [-0.2, -0.15) is 0 Å². The average Bonchev–Trinajstić information content (AvgIpc) is 2.93. The molecule has 1 aromatic carbocycles. The minimum Gasteiger partial charge on any atom is -0.476 e. The number of benzene rings is 1. The lowest BCUT2D eigenvalue weighted by Crippen LogP contribution is -1.99. The summed E-state index contributed by atoms with van der Waals surface area (Å²) in [5.41, 5.74) is 2.01. The van der Waals surface area contributed by atoms with Crippen molar-refractivity contribution in [3.8, 4) is 10.4 Å². The second kappa shape index (κ2) is 5.85. The number of aromatic carboxylic acids is 1. The molecule has 4 nitrogen and oxygen atoms in total. The van der Waals surface area contributed by atoms with Gasteiger partial charge in [0.15, 0.2) is 5.69 Å². The standard InChI is InChI=1S/C16H12N2O2S/c19-16(20)14-15(12-6-2-1-3-7-12)21-13(18-14)9-11-5-4-8-17-10-11/h1-8,10H,9H2,(H,19,20). The van der Waals surface area contributed by atoms with E-state index in [-0.39, 0.29) is 5.69 Å². The van der Waals surface area contributed by atoms with Crippen LogP contribution < -0.4 is 0 Å². The van der Waals surface area contributed by atoms with Gasteiger partial charge in [0.05, 0.1) is 9.88 Å². The highest BCUT2D eigenvalue weighted by molar-refractivity contribution is 7.15. The van der Waals surface area contributed by atoms with Gasteiger partial charge in [0.25, 0.3) is 0 Å². The van der Waals surface area contributed by atoms with E-state index in [4.69, 9.17) is 0 Å². The zero-order valence-electron chi connectivity index (χ0n) is 11.1. The molecule has 0 saturated heterocycles. The van der Waals surface area contributed by atoms with Crippen LogP contribution in [0.4, 0.5) is 0 Å². The van der Waals surface area contributed by atoms with Crippen molar-refractivity contribution in [2.75, 3.05) is 0 Å². The molecule has 3 rings (SSSR count). The minimum absolute atomic E-state index is 0.116. The van der Waals surface area contributed by atoms with Crippen LogP contribution >= 0.6 is 11.3 Å². The Morgan fingerprint density at radius 1 is 1.14 bits per heavy atom. The Balaban J connectivity index is 1.99. The van der Waals surface area contributed by atoms with Crippen LogP contribution in [-0.4, -0.2) is 21.0 Å². The van der Waals surface area contributed by atoms with Crippen molar-refractivity contribution < 1.29 is 9.90 Å². The maximum absolute atomic E-state index is 11.4. The number of nitrogens with zero attached hydrogens (tertiary/aromatic N) is 2. The van der Waals surface area contributed by atoms with Gasteiger partial charge in [0.1, 0.15) is 0 Å². The lowest BCUT2D eigenvalue weighted by atomic mass is 10.1. The quantitative estimate of drug-likeness (QED) is 0.800. The fraction of sp³-hybridized carbons (Fsp3) is 0.0625. The van der Waals surface area contributed by atoms with Gasteiger partial charge in [-0.25, -0.2) is 9.78 Å². The second-order valence-corrected chi connectivity index (χ2v) is 5.58. The van der Waals surface area contributed by atoms with Crippen LogP contribution in [-0.2, 0) is 6.42 Å². The van der Waals surface area contributed by atoms with Crippen molar-refractivity contribution in [3.63, 3.8) is 0 Å². The van der Waals surface area contributed by atoms with E-state index in [1.807, 2.05) is 42.5 Å². The number of aromatic nitrogens is 2. The molecule has 5 heteroatoms. The van der Waals surface area contributed by atoms with E-state index < -0.39 is 5.97 Å². The number of carbonyl (C=O) groups is 1. The highest BCUT2D eigenvalue weighted by atomic mass is 32.1. The van der Waals surface area contributed by atoms with Crippen LogP contribution in [0.2, 0.25) is 0 Å². The number of carboxylic acid groups (broad SMARTS) is 1. The summed E-state index contributed by atoms with van der Waals surface area (Å²) >= 11 is 1.42. The van der Waals surface area contributed by atoms with Gasteiger partial charge in [0, 0.05) is 18.8 Å². The molecule has 0 unspecified atom stereocenters. The molecule has 0 aliphatic heterocycles. The molecule has 104 valence electrons. The van der Waals surface area contributed by atoms with Crippen molar-refractivity contribution in [3.05, 3.63) is 71.1 Å². The maximum atomic E-state index is 11.4. The Labute approximate surface area is 125 Å². The Kier molecular flexibility index (Phi) is 3.75. The number of thiazole rings is 1. The topological polar surface area (TPSA) is 63.1 Å². The first-order chi connectivity index (χ1) is 10.2. The third kappa shape index (κ3) is 2.98. The summed E-state index contributed by atoms with van der Waals surface area (Å²) in [5.74, 6) is -0.998. The Morgan fingerprint density at radius 2 is 1.95 bits per heavy atom. The zero-order chi connectivity index (χ0) is 14.7. The van der Waals surface area contributed by atoms with Gasteiger partial charge in [-0.3, -0.25) is 4.98 Å². The van der Waals surface area contributed by atoms with E-state index in [1.54, 1.807) is 12.4 Å². The molecule has 3 aromatic rings. The van der Waals surface area contributed by atoms with Crippen molar-refractivity contribution >= 4 is 17.3 Å².